The molecule has 0 saturated carbocycles. The van der Waals surface area contributed by atoms with Crippen LogP contribution in [-0.2, 0) is 11.2 Å². The molecule has 0 bridgehead atoms. The van der Waals surface area contributed by atoms with Gasteiger partial charge in [-0.2, -0.15) is 0 Å². The first-order valence-electron chi connectivity index (χ1n) is 3.40. The van der Waals surface area contributed by atoms with Crippen molar-refractivity contribution in [2.75, 3.05) is 0 Å². The van der Waals surface area contributed by atoms with Gasteiger partial charge in [0.15, 0.2) is 0 Å². The third kappa shape index (κ3) is 2.04. The molecule has 5 N–H and O–H groups in total. The number of hydrogen-bond donors (Lipinski definition) is 4. The van der Waals surface area contributed by atoms with Crippen LogP contribution in [0.25, 0.3) is 0 Å². The molecule has 0 aliphatic heterocycles. The first kappa shape index (κ1) is 8.69. The zero-order valence-corrected chi connectivity index (χ0v) is 6.32. The molecule has 0 radical (unpaired) electrons. The lowest BCUT2D eigenvalue weighted by Crippen LogP contribution is -2.42. The Morgan fingerprint density at radius 3 is 3.08 bits per heavy atom. The number of H-pyrrole nitrogens is 1. The van der Waals surface area contributed by atoms with Gasteiger partial charge in [0.2, 0.25) is 0 Å². The van der Waals surface area contributed by atoms with Gasteiger partial charge in [-0.05, 0) is 0 Å². The van der Waals surface area contributed by atoms with Crippen LogP contribution in [0.3, 0.4) is 0 Å². The lowest BCUT2D eigenvalue weighted by Gasteiger charge is -2.08. The van der Waals surface area contributed by atoms with Gasteiger partial charge in [-0.1, -0.05) is 0 Å². The summed E-state index contributed by atoms with van der Waals surface area (Å²) in [5, 5.41) is 8.60. The normalized spacial score (nSPS) is 12.8. The summed E-state index contributed by atoms with van der Waals surface area (Å²) in [6.45, 7) is 0. The minimum absolute atomic E-state index is 0.297. The summed E-state index contributed by atoms with van der Waals surface area (Å²) in [7, 11) is 0. The molecular formula is C6H10N4O2. The summed E-state index contributed by atoms with van der Waals surface area (Å²) in [5.41, 5.74) is 2.93. The molecule has 1 unspecified atom stereocenters. The highest BCUT2D eigenvalue weighted by Gasteiger charge is 2.15. The van der Waals surface area contributed by atoms with Crippen LogP contribution in [0.5, 0.6) is 0 Å². The van der Waals surface area contributed by atoms with Crippen molar-refractivity contribution in [1.29, 1.82) is 0 Å². The number of nitrogens with two attached hydrogens (primary N) is 1. The van der Waals surface area contributed by atoms with Crippen LogP contribution in [0.2, 0.25) is 0 Å². The lowest BCUT2D eigenvalue weighted by atomic mass is 10.2. The number of carboxylic acids is 1. The Balaban J connectivity index is 2.54. The number of rotatable bonds is 4. The largest absolute Gasteiger partial charge is 0.480 e. The number of nitrogens with zero attached hydrogens (tertiary/aromatic N) is 1. The van der Waals surface area contributed by atoms with Crippen molar-refractivity contribution >= 4 is 5.97 Å². The number of carbonyl (C=O) groups is 1. The molecule has 6 heteroatoms. The molecule has 0 saturated heterocycles. The van der Waals surface area contributed by atoms with Crippen molar-refractivity contribution in [3.8, 4) is 0 Å². The van der Waals surface area contributed by atoms with E-state index >= 15 is 0 Å². The Kier molecular flexibility index (Phi) is 2.78. The number of nitrogens with one attached hydrogen (secondary N) is 2. The van der Waals surface area contributed by atoms with Crippen molar-refractivity contribution in [3.63, 3.8) is 0 Å². The molecule has 1 aromatic heterocycles. The van der Waals surface area contributed by atoms with Gasteiger partial charge in [-0.25, -0.2) is 10.4 Å². The van der Waals surface area contributed by atoms with Crippen LogP contribution in [0.1, 0.15) is 5.69 Å². The van der Waals surface area contributed by atoms with Crippen LogP contribution < -0.4 is 11.3 Å². The van der Waals surface area contributed by atoms with Crippen molar-refractivity contribution < 1.29 is 9.90 Å². The predicted octanol–water partition coefficient (Wildman–Crippen LogP) is -1.13. The maximum Gasteiger partial charge on any atom is 0.322 e. The maximum atomic E-state index is 10.5. The first-order valence-corrected chi connectivity index (χ1v) is 3.40. The highest BCUT2D eigenvalue weighted by atomic mass is 16.4. The molecule has 12 heavy (non-hydrogen) atoms. The zero-order valence-electron chi connectivity index (χ0n) is 6.32. The summed E-state index contributed by atoms with van der Waals surface area (Å²) in [4.78, 5) is 17.0. The first-order chi connectivity index (χ1) is 5.74. The summed E-state index contributed by atoms with van der Waals surface area (Å²) in [5.74, 6) is 4.05. The van der Waals surface area contributed by atoms with Crippen LogP contribution >= 0.6 is 0 Å². The van der Waals surface area contributed by atoms with E-state index in [-0.39, 0.29) is 0 Å². The second-order valence-electron chi connectivity index (χ2n) is 2.34. The van der Waals surface area contributed by atoms with Gasteiger partial charge in [-0.3, -0.25) is 10.6 Å². The van der Waals surface area contributed by atoms with E-state index in [1.807, 2.05) is 0 Å². The minimum Gasteiger partial charge on any atom is -0.480 e. The van der Waals surface area contributed by atoms with Crippen LogP contribution in [0, 0.1) is 0 Å². The van der Waals surface area contributed by atoms with E-state index < -0.39 is 12.0 Å². The van der Waals surface area contributed by atoms with E-state index in [1.165, 1.54) is 6.33 Å². The fourth-order valence-corrected chi connectivity index (χ4v) is 0.834. The second kappa shape index (κ2) is 3.84. The van der Waals surface area contributed by atoms with E-state index in [0.717, 1.165) is 5.69 Å². The Bertz CT molecular complexity index is 246. The summed E-state index contributed by atoms with van der Waals surface area (Å²) >= 11 is 0. The highest BCUT2D eigenvalue weighted by molar-refractivity contribution is 5.73. The standard InChI is InChI=1S/C6H10N4O2/c7-10-5(6(11)12)1-4-2-8-3-9-4/h2-3,5,10H,1,7H2,(H,8,9)(H,11,12). The molecule has 0 spiro atoms. The number of aromatic nitrogens is 2. The summed E-state index contributed by atoms with van der Waals surface area (Å²) < 4.78 is 0. The van der Waals surface area contributed by atoms with E-state index in [4.69, 9.17) is 10.9 Å². The molecule has 0 aromatic carbocycles. The molecule has 0 aliphatic carbocycles. The Labute approximate surface area is 68.8 Å². The molecule has 66 valence electrons. The molecule has 0 fully saturated rings. The number of imidazole rings is 1. The predicted molar refractivity (Wildman–Crippen MR) is 41.0 cm³/mol. The van der Waals surface area contributed by atoms with Gasteiger partial charge in [0, 0.05) is 18.3 Å². The highest BCUT2D eigenvalue weighted by Crippen LogP contribution is 1.96. The van der Waals surface area contributed by atoms with Crippen molar-refractivity contribution in [1.82, 2.24) is 15.4 Å². The topological polar surface area (TPSA) is 104 Å². The third-order valence-corrected chi connectivity index (χ3v) is 1.48. The molecular weight excluding hydrogens is 160 g/mol. The second-order valence-corrected chi connectivity index (χ2v) is 2.34. The average molecular weight is 170 g/mol. The van der Waals surface area contributed by atoms with Gasteiger partial charge in [-0.15, -0.1) is 0 Å². The maximum absolute atomic E-state index is 10.5. The van der Waals surface area contributed by atoms with E-state index in [9.17, 15) is 4.79 Å². The van der Waals surface area contributed by atoms with E-state index in [0.29, 0.717) is 6.42 Å². The monoisotopic (exact) mass is 170 g/mol. The third-order valence-electron chi connectivity index (χ3n) is 1.48. The molecule has 1 aromatic rings. The molecule has 1 atom stereocenters. The average Bonchev–Trinajstić information content (AvgIpc) is 2.51. The van der Waals surface area contributed by atoms with E-state index in [1.54, 1.807) is 6.20 Å². The molecule has 6 nitrogen and oxygen atoms in total. The molecule has 0 aliphatic rings. The number of aromatic amines is 1. The quantitative estimate of drug-likeness (QED) is 0.338. The molecule has 0 amide bonds. The smallest absolute Gasteiger partial charge is 0.322 e. The van der Waals surface area contributed by atoms with Crippen LogP contribution in [-0.4, -0.2) is 27.1 Å². The molecule has 1 rings (SSSR count). The molecule has 1 heterocycles. The SMILES string of the molecule is NNC(Cc1cnc[nH]1)C(=O)O. The Morgan fingerprint density at radius 2 is 2.67 bits per heavy atom. The Hall–Kier alpha value is -1.40. The van der Waals surface area contributed by atoms with Gasteiger partial charge in [0.1, 0.15) is 6.04 Å². The van der Waals surface area contributed by atoms with Crippen LogP contribution in [0.4, 0.5) is 0 Å². The van der Waals surface area contributed by atoms with Crippen molar-refractivity contribution in [3.05, 3.63) is 18.2 Å². The van der Waals surface area contributed by atoms with Crippen molar-refractivity contribution in [2.45, 2.75) is 12.5 Å². The summed E-state index contributed by atoms with van der Waals surface area (Å²) in [6, 6.07) is -0.773. The number of hydrazine groups is 1. The van der Waals surface area contributed by atoms with Crippen molar-refractivity contribution in [2.24, 2.45) is 5.84 Å². The van der Waals surface area contributed by atoms with Crippen LogP contribution in [0.15, 0.2) is 12.5 Å². The number of hydrogen-bond acceptors (Lipinski definition) is 4. The summed E-state index contributed by atoms with van der Waals surface area (Å²) in [6.07, 6.45) is 3.35. The minimum atomic E-state index is -0.980. The zero-order chi connectivity index (χ0) is 8.97. The van der Waals surface area contributed by atoms with E-state index in [2.05, 4.69) is 15.4 Å². The van der Waals surface area contributed by atoms with Gasteiger partial charge in [0.05, 0.1) is 6.33 Å². The number of carboxylic acid groups (broad SMARTS) is 1. The van der Waals surface area contributed by atoms with Gasteiger partial charge >= 0.3 is 5.97 Å². The lowest BCUT2D eigenvalue weighted by molar-refractivity contribution is -0.139. The Morgan fingerprint density at radius 1 is 1.92 bits per heavy atom. The van der Waals surface area contributed by atoms with Gasteiger partial charge in [0.25, 0.3) is 0 Å². The van der Waals surface area contributed by atoms with Gasteiger partial charge < -0.3 is 10.1 Å². The number of aliphatic carboxylic acids is 1. The fraction of sp³-hybridized carbons (Fsp3) is 0.333. The fourth-order valence-electron chi connectivity index (χ4n) is 0.834.